The van der Waals surface area contributed by atoms with Gasteiger partial charge in [0.05, 0.1) is 23.7 Å². The summed E-state index contributed by atoms with van der Waals surface area (Å²) in [6, 6.07) is 4.81. The van der Waals surface area contributed by atoms with Crippen LogP contribution in [0.4, 0.5) is 0 Å². The maximum atomic E-state index is 3.78. The van der Waals surface area contributed by atoms with Gasteiger partial charge >= 0.3 is 0 Å². The monoisotopic (exact) mass is 466 g/mol. The largest absolute Gasteiger partial charge is 0.137 e. The van der Waals surface area contributed by atoms with Crippen molar-refractivity contribution in [3.05, 3.63) is 19.7 Å². The molecule has 20 heavy (non-hydrogen) atoms. The fourth-order valence-electron chi connectivity index (χ4n) is 1.84. The quantitative estimate of drug-likeness (QED) is 0.478. The Morgan fingerprint density at radius 2 is 1.00 bits per heavy atom. The third kappa shape index (κ3) is 3.58. The van der Waals surface area contributed by atoms with E-state index < -0.39 is 16.1 Å². The van der Waals surface area contributed by atoms with E-state index in [9.17, 15) is 0 Å². The Bertz CT molecular complexity index is 574. The lowest BCUT2D eigenvalue weighted by molar-refractivity contribution is 1.74. The van der Waals surface area contributed by atoms with Crippen LogP contribution in [0.3, 0.4) is 0 Å². The zero-order chi connectivity index (χ0) is 15.3. The van der Waals surface area contributed by atoms with Gasteiger partial charge in [-0.2, -0.15) is 0 Å². The molecule has 0 aromatic carbocycles. The van der Waals surface area contributed by atoms with Crippen molar-refractivity contribution in [1.82, 2.24) is 0 Å². The van der Waals surface area contributed by atoms with E-state index in [4.69, 9.17) is 0 Å². The van der Waals surface area contributed by atoms with Crippen molar-refractivity contribution in [2.75, 3.05) is 0 Å². The third-order valence-corrected chi connectivity index (χ3v) is 14.0. The molecule has 0 fully saturated rings. The first-order valence-corrected chi connectivity index (χ1v) is 16.8. The van der Waals surface area contributed by atoms with Crippen LogP contribution in [0.1, 0.15) is 0 Å². The summed E-state index contributed by atoms with van der Waals surface area (Å²) in [6.45, 7) is 14.4. The Hall–Kier alpha value is 0.794. The van der Waals surface area contributed by atoms with Gasteiger partial charge < -0.3 is 0 Å². The minimum absolute atomic E-state index is 1.24. The second-order valence-corrected chi connectivity index (χ2v) is 22.6. The van der Waals surface area contributed by atoms with E-state index in [0.717, 1.165) is 0 Å². The molecule has 110 valence electrons. The minimum Gasteiger partial charge on any atom is -0.137 e. The maximum Gasteiger partial charge on any atom is 0.0904 e. The van der Waals surface area contributed by atoms with Crippen molar-refractivity contribution in [2.24, 2.45) is 0 Å². The number of hydrogen-bond acceptors (Lipinski definition) is 2. The molecule has 6 heteroatoms. The van der Waals surface area contributed by atoms with Gasteiger partial charge in [-0.15, -0.1) is 22.7 Å². The second-order valence-electron chi connectivity index (χ2n) is 7.10. The highest BCUT2D eigenvalue weighted by Gasteiger charge is 2.25. The van der Waals surface area contributed by atoms with E-state index in [1.807, 2.05) is 22.7 Å². The summed E-state index contributed by atoms with van der Waals surface area (Å²) in [5.41, 5.74) is 2.72. The molecule has 0 N–H and O–H groups in total. The van der Waals surface area contributed by atoms with Crippen molar-refractivity contribution in [2.45, 2.75) is 39.3 Å². The average molecular weight is 468 g/mol. The smallest absolute Gasteiger partial charge is 0.0904 e. The van der Waals surface area contributed by atoms with Crippen molar-refractivity contribution < 1.29 is 0 Å². The SMILES string of the molecule is C[Si](C)(C)c1cc(-c2cc([Si](C)(C)C)sc2Br)c(Br)s1. The van der Waals surface area contributed by atoms with Crippen LogP contribution in [0.5, 0.6) is 0 Å². The zero-order valence-corrected chi connectivity index (χ0v) is 19.5. The zero-order valence-electron chi connectivity index (χ0n) is 12.7. The van der Waals surface area contributed by atoms with Gasteiger partial charge in [0.2, 0.25) is 0 Å². The van der Waals surface area contributed by atoms with Crippen molar-refractivity contribution in [3.63, 3.8) is 0 Å². The number of rotatable bonds is 3. The Morgan fingerprint density at radius 3 is 1.20 bits per heavy atom. The van der Waals surface area contributed by atoms with Crippen molar-refractivity contribution in [1.29, 1.82) is 0 Å². The molecule has 0 amide bonds. The molecule has 0 saturated heterocycles. The Morgan fingerprint density at radius 1 is 0.700 bits per heavy atom. The summed E-state index contributed by atoms with van der Waals surface area (Å²) < 4.78 is 5.67. The molecular formula is C14H20Br2S2Si2. The van der Waals surface area contributed by atoms with Crippen LogP contribution >= 0.6 is 54.5 Å². The van der Waals surface area contributed by atoms with Crippen LogP contribution in [0.25, 0.3) is 11.1 Å². The van der Waals surface area contributed by atoms with Gasteiger partial charge in [-0.05, 0) is 53.0 Å². The highest BCUT2D eigenvalue weighted by molar-refractivity contribution is 9.11. The normalized spacial score (nSPS) is 13.0. The van der Waals surface area contributed by atoms with E-state index in [2.05, 4.69) is 83.3 Å². The molecule has 0 bridgehead atoms. The van der Waals surface area contributed by atoms with Gasteiger partial charge in [0, 0.05) is 11.1 Å². The standard InChI is InChI=1S/C14H20Br2S2Si2/c1-19(2,3)11-7-9(13(15)17-11)10-8-12(18-14(10)16)20(4,5)6/h7-8H,1-6H3. The summed E-state index contributed by atoms with van der Waals surface area (Å²) in [6.07, 6.45) is 0. The molecule has 0 nitrogen and oxygen atoms in total. The molecule has 0 unspecified atom stereocenters. The van der Waals surface area contributed by atoms with E-state index in [-0.39, 0.29) is 0 Å². The Balaban J connectivity index is 2.53. The summed E-state index contributed by atoms with van der Waals surface area (Å²) in [4.78, 5) is 0. The minimum atomic E-state index is -1.24. The summed E-state index contributed by atoms with van der Waals surface area (Å²) >= 11 is 11.4. The first-order valence-electron chi connectivity index (χ1n) is 6.60. The predicted octanol–water partition coefficient (Wildman–Crippen LogP) is 6.09. The molecule has 0 aliphatic rings. The summed E-state index contributed by atoms with van der Waals surface area (Å²) in [5, 5.41) is 0. The van der Waals surface area contributed by atoms with Crippen LogP contribution in [0.2, 0.25) is 39.3 Å². The number of hydrogen-bond donors (Lipinski definition) is 0. The van der Waals surface area contributed by atoms with Crippen LogP contribution in [0.15, 0.2) is 19.7 Å². The molecule has 0 spiro atoms. The van der Waals surface area contributed by atoms with Gasteiger partial charge in [0.1, 0.15) is 0 Å². The highest BCUT2D eigenvalue weighted by atomic mass is 79.9. The van der Waals surface area contributed by atoms with Gasteiger partial charge in [-0.25, -0.2) is 0 Å². The van der Waals surface area contributed by atoms with E-state index in [1.165, 1.54) is 18.7 Å². The molecule has 0 aliphatic heterocycles. The van der Waals surface area contributed by atoms with Gasteiger partial charge in [-0.3, -0.25) is 0 Å². The Labute approximate surface area is 148 Å². The first kappa shape index (κ1) is 17.2. The molecule has 0 saturated carbocycles. The number of halogens is 2. The molecule has 2 heterocycles. The third-order valence-electron chi connectivity index (χ3n) is 3.14. The van der Waals surface area contributed by atoms with Gasteiger partial charge in [0.15, 0.2) is 0 Å². The predicted molar refractivity (Wildman–Crippen MR) is 109 cm³/mol. The molecule has 2 rings (SSSR count). The Kier molecular flexibility index (Phi) is 4.95. The highest BCUT2D eigenvalue weighted by Crippen LogP contribution is 2.39. The van der Waals surface area contributed by atoms with Crippen LogP contribution in [-0.4, -0.2) is 16.1 Å². The average Bonchev–Trinajstić information content (AvgIpc) is 2.80. The summed E-state index contributed by atoms with van der Waals surface area (Å²) in [5.74, 6) is 0. The fraction of sp³-hybridized carbons (Fsp3) is 0.429. The van der Waals surface area contributed by atoms with Crippen molar-refractivity contribution >= 4 is 79.7 Å². The van der Waals surface area contributed by atoms with Crippen molar-refractivity contribution in [3.8, 4) is 11.1 Å². The van der Waals surface area contributed by atoms with Crippen LogP contribution < -0.4 is 9.00 Å². The lowest BCUT2D eigenvalue weighted by atomic mass is 10.2. The molecule has 0 aliphatic carbocycles. The summed E-state index contributed by atoms with van der Waals surface area (Å²) in [7, 11) is -2.48. The second kappa shape index (κ2) is 5.78. The van der Waals surface area contributed by atoms with E-state index >= 15 is 0 Å². The molecule has 2 aromatic heterocycles. The molecule has 0 radical (unpaired) electrons. The topological polar surface area (TPSA) is 0 Å². The first-order chi connectivity index (χ1) is 9.00. The lowest BCUT2D eigenvalue weighted by Gasteiger charge is -2.12. The molecule has 0 atom stereocenters. The number of thiophene rings is 2. The van der Waals surface area contributed by atoms with Gasteiger partial charge in [0.25, 0.3) is 0 Å². The van der Waals surface area contributed by atoms with Crippen LogP contribution in [0, 0.1) is 0 Å². The fourth-order valence-corrected chi connectivity index (χ4v) is 9.96. The van der Waals surface area contributed by atoms with E-state index in [0.29, 0.717) is 0 Å². The van der Waals surface area contributed by atoms with Crippen LogP contribution in [-0.2, 0) is 0 Å². The van der Waals surface area contributed by atoms with Gasteiger partial charge in [-0.1, -0.05) is 39.3 Å². The maximum absolute atomic E-state index is 3.78. The molecular weight excluding hydrogens is 448 g/mol. The van der Waals surface area contributed by atoms with E-state index in [1.54, 1.807) is 9.00 Å². The molecule has 2 aromatic rings. The lowest BCUT2D eigenvalue weighted by Crippen LogP contribution is -2.35.